The van der Waals surface area contributed by atoms with E-state index < -0.39 is 23.9 Å². The largest absolute Gasteiger partial charge is 2.00 e. The smallest absolute Gasteiger partial charge is 0.700 e. The Morgan fingerprint density at radius 2 is 0.759 bits per heavy atom. The maximum absolute atomic E-state index is 9.37. The first kappa shape index (κ1) is 37.2. The molecule has 0 bridgehead atoms. The maximum atomic E-state index is 9.37. The van der Waals surface area contributed by atoms with Gasteiger partial charge in [-0.05, 0) is 0 Å². The third-order valence-electron chi connectivity index (χ3n) is 2.14. The summed E-state index contributed by atoms with van der Waals surface area (Å²) < 4.78 is 0. The number of hydrogen-bond acceptors (Lipinski definition) is 4. The van der Waals surface area contributed by atoms with Gasteiger partial charge in [0.2, 0.25) is 0 Å². The van der Waals surface area contributed by atoms with Crippen LogP contribution in [0.5, 0.6) is 0 Å². The summed E-state index contributed by atoms with van der Waals surface area (Å²) in [7, 11) is 0. The molecule has 0 saturated heterocycles. The van der Waals surface area contributed by atoms with Crippen LogP contribution in [0.15, 0.2) is 24.3 Å². The topological polar surface area (TPSA) is 197 Å². The second kappa shape index (κ2) is 27.6. The van der Waals surface area contributed by atoms with Gasteiger partial charge in [0.1, 0.15) is 0 Å². The van der Waals surface area contributed by atoms with Crippen LogP contribution in [0.3, 0.4) is 0 Å². The maximum Gasteiger partial charge on any atom is 2.00 e. The number of benzene rings is 1. The summed E-state index contributed by atoms with van der Waals surface area (Å²) >= 11 is 0. The Morgan fingerprint density at radius 1 is 0.621 bits per heavy atom. The second-order valence-electron chi connectivity index (χ2n) is 4.53. The SMILES string of the molecule is CCC(=O)O.CCC(=O)O.CCC(=O)O.CCC(=O)O.[NH-]c1ccccc1[NH-].[Pt+2]. The van der Waals surface area contributed by atoms with Crippen LogP contribution in [0.2, 0.25) is 0 Å². The molecule has 0 aliphatic rings. The van der Waals surface area contributed by atoms with Gasteiger partial charge in [0.05, 0.1) is 0 Å². The molecule has 11 heteroatoms. The third-order valence-corrected chi connectivity index (χ3v) is 2.14. The average molecular weight is 598 g/mol. The van der Waals surface area contributed by atoms with Crippen molar-refractivity contribution in [3.63, 3.8) is 0 Å². The van der Waals surface area contributed by atoms with Gasteiger partial charge >= 0.3 is 44.9 Å². The van der Waals surface area contributed by atoms with Gasteiger partial charge in [0.25, 0.3) is 0 Å². The van der Waals surface area contributed by atoms with Crippen molar-refractivity contribution in [2.24, 2.45) is 0 Å². The van der Waals surface area contributed by atoms with Crippen LogP contribution in [0.25, 0.3) is 11.5 Å². The molecule has 1 aromatic rings. The normalized spacial score (nSPS) is 7.59. The van der Waals surface area contributed by atoms with E-state index in [9.17, 15) is 19.2 Å². The number of rotatable bonds is 4. The van der Waals surface area contributed by atoms with Crippen molar-refractivity contribution in [3.05, 3.63) is 35.7 Å². The molecule has 0 aliphatic carbocycles. The van der Waals surface area contributed by atoms with Crippen molar-refractivity contribution in [2.75, 3.05) is 0 Å². The fourth-order valence-corrected chi connectivity index (χ4v) is 0.483. The molecule has 0 aromatic heterocycles. The summed E-state index contributed by atoms with van der Waals surface area (Å²) in [5, 5.41) is 30.9. The van der Waals surface area contributed by atoms with E-state index in [1.54, 1.807) is 52.0 Å². The molecule has 0 amide bonds. The van der Waals surface area contributed by atoms with Crippen LogP contribution in [0.4, 0.5) is 11.4 Å². The Morgan fingerprint density at radius 3 is 0.828 bits per heavy atom. The first-order valence-electron chi connectivity index (χ1n) is 8.28. The summed E-state index contributed by atoms with van der Waals surface area (Å²) in [6.07, 6.45) is 0.889. The number of carboxylic acids is 4. The Bertz CT molecular complexity index is 492. The molecular weight excluding hydrogens is 567 g/mol. The van der Waals surface area contributed by atoms with E-state index in [1.807, 2.05) is 0 Å². The predicted molar refractivity (Wildman–Crippen MR) is 106 cm³/mol. The van der Waals surface area contributed by atoms with Gasteiger partial charge in [-0.15, -0.1) is 0 Å². The molecule has 0 saturated carbocycles. The Kier molecular flexibility index (Phi) is 35.4. The molecule has 1 rings (SSSR count). The predicted octanol–water partition coefficient (Wildman–Crippen LogP) is 4.98. The number of nitrogens with one attached hydrogen (secondary N) is 2. The minimum absolute atomic E-state index is 0. The van der Waals surface area contributed by atoms with Crippen LogP contribution in [-0.2, 0) is 40.2 Å². The molecule has 0 atom stereocenters. The van der Waals surface area contributed by atoms with Gasteiger partial charge in [-0.3, -0.25) is 19.2 Å². The minimum atomic E-state index is -0.745. The fourth-order valence-electron chi connectivity index (χ4n) is 0.483. The van der Waals surface area contributed by atoms with Gasteiger partial charge in [-0.25, -0.2) is 0 Å². The number of carboxylic acid groups (broad SMARTS) is 4. The minimum Gasteiger partial charge on any atom is -0.700 e. The van der Waals surface area contributed by atoms with E-state index in [2.05, 4.69) is 0 Å². The Labute approximate surface area is 185 Å². The monoisotopic (exact) mass is 597 g/mol. The van der Waals surface area contributed by atoms with E-state index in [1.165, 1.54) is 0 Å². The molecule has 6 N–H and O–H groups in total. The van der Waals surface area contributed by atoms with Crippen LogP contribution in [0.1, 0.15) is 53.4 Å². The molecule has 0 unspecified atom stereocenters. The van der Waals surface area contributed by atoms with Crippen molar-refractivity contribution >= 4 is 35.3 Å². The van der Waals surface area contributed by atoms with Crippen molar-refractivity contribution in [3.8, 4) is 0 Å². The zero-order chi connectivity index (χ0) is 23.1. The first-order valence-corrected chi connectivity index (χ1v) is 8.28. The standard InChI is InChI=1S/C6H6N2.4C3H6O2.Pt/c7-5-3-1-2-4-6(5)8;4*1-2-3(4)5;/h1-4,7-8H;4*2H2,1H3,(H,4,5);/q-2;;;;;+2. The number of aliphatic carboxylic acids is 4. The zero-order valence-corrected chi connectivity index (χ0v) is 19.1. The van der Waals surface area contributed by atoms with E-state index in [4.69, 9.17) is 31.9 Å². The Hall–Kier alpha value is -2.61. The van der Waals surface area contributed by atoms with E-state index in [0.717, 1.165) is 0 Å². The first-order chi connectivity index (χ1) is 12.9. The quantitative estimate of drug-likeness (QED) is 0.373. The van der Waals surface area contributed by atoms with E-state index >= 15 is 0 Å². The average Bonchev–Trinajstić information content (AvgIpc) is 2.65. The summed E-state index contributed by atoms with van der Waals surface area (Å²) in [4.78, 5) is 37.5. The zero-order valence-electron chi connectivity index (χ0n) is 16.9. The van der Waals surface area contributed by atoms with Crippen molar-refractivity contribution in [1.82, 2.24) is 0 Å². The van der Waals surface area contributed by atoms with Crippen LogP contribution < -0.4 is 0 Å². The van der Waals surface area contributed by atoms with Crippen LogP contribution in [-0.4, -0.2) is 44.3 Å². The van der Waals surface area contributed by atoms with Crippen LogP contribution >= 0.6 is 0 Å². The fraction of sp³-hybridized carbons (Fsp3) is 0.444. The molecule has 1 aromatic carbocycles. The van der Waals surface area contributed by atoms with Crippen LogP contribution in [0, 0.1) is 0 Å². The summed E-state index contributed by atoms with van der Waals surface area (Å²) in [6.45, 7) is 6.40. The number of hydrogen-bond donors (Lipinski definition) is 4. The van der Waals surface area contributed by atoms with Crippen molar-refractivity contribution in [1.29, 1.82) is 0 Å². The van der Waals surface area contributed by atoms with E-state index in [0.29, 0.717) is 0 Å². The molecule has 10 nitrogen and oxygen atoms in total. The summed E-state index contributed by atoms with van der Waals surface area (Å²) in [6, 6.07) is 6.70. The van der Waals surface area contributed by atoms with Gasteiger partial charge < -0.3 is 31.9 Å². The number of carbonyl (C=O) groups is 4. The summed E-state index contributed by atoms with van der Waals surface area (Å²) in [5.41, 5.74) is 14.6. The van der Waals surface area contributed by atoms with Crippen molar-refractivity contribution < 1.29 is 60.7 Å². The molecule has 0 spiro atoms. The van der Waals surface area contributed by atoms with Gasteiger partial charge in [0.15, 0.2) is 0 Å². The van der Waals surface area contributed by atoms with Gasteiger partial charge in [-0.2, -0.15) is 11.4 Å². The third kappa shape index (κ3) is 51.7. The molecule has 0 heterocycles. The van der Waals surface area contributed by atoms with Gasteiger partial charge in [0, 0.05) is 25.7 Å². The molecule has 29 heavy (non-hydrogen) atoms. The Balaban J connectivity index is -0.0000000838. The second-order valence-corrected chi connectivity index (χ2v) is 4.53. The molecule has 0 aliphatic heterocycles. The molecule has 0 fully saturated rings. The molecule has 0 radical (unpaired) electrons. The van der Waals surface area contributed by atoms with E-state index in [-0.39, 0.29) is 58.1 Å². The van der Waals surface area contributed by atoms with Crippen molar-refractivity contribution in [2.45, 2.75) is 53.4 Å². The van der Waals surface area contributed by atoms with Gasteiger partial charge in [-0.1, -0.05) is 52.0 Å². The summed E-state index contributed by atoms with van der Waals surface area (Å²) in [5.74, 6) is -2.98. The molecular formula is C18H30N2O8Pt. The molecule has 170 valence electrons.